The van der Waals surface area contributed by atoms with E-state index in [9.17, 15) is 13.2 Å². The van der Waals surface area contributed by atoms with Gasteiger partial charge in [0.05, 0.1) is 0 Å². The molecular formula is C5H6F3N3. The summed E-state index contributed by atoms with van der Waals surface area (Å²) < 4.78 is 35.7. The Hall–Kier alpha value is -1.20. The van der Waals surface area contributed by atoms with Crippen LogP contribution in [0.15, 0.2) is 6.07 Å². The Morgan fingerprint density at radius 2 is 2.09 bits per heavy atom. The van der Waals surface area contributed by atoms with Crippen molar-refractivity contribution in [2.75, 3.05) is 5.73 Å². The van der Waals surface area contributed by atoms with Crippen LogP contribution in [0.4, 0.5) is 19.0 Å². The van der Waals surface area contributed by atoms with Crippen molar-refractivity contribution in [2.24, 2.45) is 0 Å². The van der Waals surface area contributed by atoms with Gasteiger partial charge in [0.15, 0.2) is 0 Å². The monoisotopic (exact) mass is 165 g/mol. The van der Waals surface area contributed by atoms with Crippen molar-refractivity contribution >= 4 is 5.82 Å². The third-order valence-electron chi connectivity index (χ3n) is 1.15. The van der Waals surface area contributed by atoms with Gasteiger partial charge in [0.1, 0.15) is 5.82 Å². The summed E-state index contributed by atoms with van der Waals surface area (Å²) in [5.74, 6) is -0.125. The third kappa shape index (κ3) is 1.44. The molecule has 0 aromatic carbocycles. The molecular weight excluding hydrogens is 159 g/mol. The Bertz CT molecular complexity index is 262. The number of aromatic nitrogens is 2. The van der Waals surface area contributed by atoms with Gasteiger partial charge >= 0.3 is 6.30 Å². The average Bonchev–Trinajstić information content (AvgIpc) is 2.08. The smallest absolute Gasteiger partial charge is 0.382 e. The minimum atomic E-state index is -4.47. The van der Waals surface area contributed by atoms with E-state index in [2.05, 4.69) is 5.10 Å². The van der Waals surface area contributed by atoms with Crippen LogP contribution < -0.4 is 5.73 Å². The average molecular weight is 165 g/mol. The molecule has 0 unspecified atom stereocenters. The van der Waals surface area contributed by atoms with Gasteiger partial charge in [0.2, 0.25) is 0 Å². The Morgan fingerprint density at radius 3 is 2.27 bits per heavy atom. The van der Waals surface area contributed by atoms with E-state index in [-0.39, 0.29) is 16.2 Å². The Labute approximate surface area is 60.6 Å². The highest BCUT2D eigenvalue weighted by molar-refractivity contribution is 5.28. The van der Waals surface area contributed by atoms with Gasteiger partial charge in [-0.25, -0.2) is 0 Å². The fraction of sp³-hybridized carbons (Fsp3) is 0.400. The van der Waals surface area contributed by atoms with Crippen LogP contribution in [0.25, 0.3) is 0 Å². The summed E-state index contributed by atoms with van der Waals surface area (Å²) in [5, 5.41) is 3.05. The second kappa shape index (κ2) is 2.14. The first-order valence-electron chi connectivity index (χ1n) is 2.80. The van der Waals surface area contributed by atoms with Crippen LogP contribution in [0, 0.1) is 6.92 Å². The van der Waals surface area contributed by atoms with Crippen LogP contribution >= 0.6 is 0 Å². The van der Waals surface area contributed by atoms with Gasteiger partial charge in [-0.15, -0.1) is 18.3 Å². The molecule has 1 rings (SSSR count). The molecule has 0 atom stereocenters. The highest BCUT2D eigenvalue weighted by Crippen LogP contribution is 2.23. The van der Waals surface area contributed by atoms with Gasteiger partial charge in [-0.1, -0.05) is 0 Å². The van der Waals surface area contributed by atoms with E-state index in [0.29, 0.717) is 0 Å². The normalized spacial score (nSPS) is 12.0. The summed E-state index contributed by atoms with van der Waals surface area (Å²) in [6.07, 6.45) is -4.47. The van der Waals surface area contributed by atoms with E-state index in [0.717, 1.165) is 6.07 Å². The molecule has 1 heterocycles. The topological polar surface area (TPSA) is 43.8 Å². The Morgan fingerprint density at radius 1 is 1.55 bits per heavy atom. The number of nitrogens with zero attached hydrogens (tertiary/aromatic N) is 2. The molecule has 0 spiro atoms. The molecule has 0 radical (unpaired) electrons. The van der Waals surface area contributed by atoms with Crippen LogP contribution in [-0.4, -0.2) is 9.78 Å². The molecule has 1 aromatic heterocycles. The van der Waals surface area contributed by atoms with Crippen molar-refractivity contribution in [1.82, 2.24) is 9.78 Å². The second-order valence-corrected chi connectivity index (χ2v) is 2.09. The minimum absolute atomic E-state index is 0.0185. The van der Waals surface area contributed by atoms with Crippen LogP contribution in [0.5, 0.6) is 0 Å². The summed E-state index contributed by atoms with van der Waals surface area (Å²) in [7, 11) is 0. The molecule has 2 N–H and O–H groups in total. The zero-order valence-electron chi connectivity index (χ0n) is 5.68. The maximum Gasteiger partial charge on any atom is 0.504 e. The quantitative estimate of drug-likeness (QED) is 0.628. The predicted molar refractivity (Wildman–Crippen MR) is 32.7 cm³/mol. The van der Waals surface area contributed by atoms with Gasteiger partial charge in [-0.05, 0) is 6.92 Å². The van der Waals surface area contributed by atoms with Gasteiger partial charge in [-0.3, -0.25) is 0 Å². The number of nitrogen functional groups attached to an aromatic ring is 1. The van der Waals surface area contributed by atoms with Crippen LogP contribution in [-0.2, 0) is 6.30 Å². The molecule has 0 bridgehead atoms. The summed E-state index contributed by atoms with van der Waals surface area (Å²) in [6.45, 7) is 1.29. The molecule has 0 fully saturated rings. The molecule has 0 aliphatic carbocycles. The molecule has 0 saturated carbocycles. The third-order valence-corrected chi connectivity index (χ3v) is 1.15. The number of nitrogens with two attached hydrogens (primary N) is 1. The number of aryl methyl sites for hydroxylation is 1. The summed E-state index contributed by atoms with van der Waals surface area (Å²) in [6, 6.07) is 1.16. The van der Waals surface area contributed by atoms with E-state index in [4.69, 9.17) is 5.73 Å². The van der Waals surface area contributed by atoms with Crippen molar-refractivity contribution in [1.29, 1.82) is 0 Å². The lowest BCUT2D eigenvalue weighted by molar-refractivity contribution is -0.213. The van der Waals surface area contributed by atoms with Crippen LogP contribution in [0.2, 0.25) is 0 Å². The number of halogens is 3. The van der Waals surface area contributed by atoms with Crippen LogP contribution in [0.1, 0.15) is 5.69 Å². The first-order chi connectivity index (χ1) is 4.91. The standard InChI is InChI=1S/C5H6F3N3/c1-3-2-4(9)10-11(3)5(6,7)8/h2H,1H3,(H2,9,10). The van der Waals surface area contributed by atoms with Gasteiger partial charge in [0.25, 0.3) is 0 Å². The van der Waals surface area contributed by atoms with E-state index in [1.807, 2.05) is 0 Å². The maximum atomic E-state index is 11.9. The van der Waals surface area contributed by atoms with E-state index >= 15 is 0 Å². The van der Waals surface area contributed by atoms with Crippen molar-refractivity contribution in [3.8, 4) is 0 Å². The van der Waals surface area contributed by atoms with Crippen molar-refractivity contribution < 1.29 is 13.2 Å². The van der Waals surface area contributed by atoms with Gasteiger partial charge in [0, 0.05) is 11.8 Å². The SMILES string of the molecule is Cc1cc(N)nn1C(F)(F)F. The molecule has 11 heavy (non-hydrogen) atoms. The first kappa shape index (κ1) is 7.90. The first-order valence-corrected chi connectivity index (χ1v) is 2.80. The molecule has 0 saturated heterocycles. The fourth-order valence-electron chi connectivity index (χ4n) is 0.755. The zero-order chi connectivity index (χ0) is 8.65. The highest BCUT2D eigenvalue weighted by atomic mass is 19.4. The number of anilines is 1. The van der Waals surface area contributed by atoms with E-state index in [1.54, 1.807) is 0 Å². The molecule has 0 aliphatic rings. The number of rotatable bonds is 0. The molecule has 6 heteroatoms. The van der Waals surface area contributed by atoms with Gasteiger partial charge < -0.3 is 5.73 Å². The molecule has 1 aromatic rings. The zero-order valence-corrected chi connectivity index (χ0v) is 5.68. The van der Waals surface area contributed by atoms with E-state index in [1.165, 1.54) is 6.92 Å². The fourth-order valence-corrected chi connectivity index (χ4v) is 0.755. The largest absolute Gasteiger partial charge is 0.504 e. The highest BCUT2D eigenvalue weighted by Gasteiger charge is 2.33. The summed E-state index contributed by atoms with van der Waals surface area (Å²) in [5.41, 5.74) is 5.03. The summed E-state index contributed by atoms with van der Waals surface area (Å²) >= 11 is 0. The lowest BCUT2D eigenvalue weighted by Crippen LogP contribution is -2.19. The van der Waals surface area contributed by atoms with Crippen LogP contribution in [0.3, 0.4) is 0 Å². The van der Waals surface area contributed by atoms with E-state index < -0.39 is 6.30 Å². The lowest BCUT2D eigenvalue weighted by Gasteiger charge is -2.06. The maximum absolute atomic E-state index is 11.9. The van der Waals surface area contributed by atoms with Crippen molar-refractivity contribution in [2.45, 2.75) is 13.2 Å². The van der Waals surface area contributed by atoms with Crippen molar-refractivity contribution in [3.63, 3.8) is 0 Å². The summed E-state index contributed by atoms with van der Waals surface area (Å²) in [4.78, 5) is 0. The molecule has 62 valence electrons. The number of hydrogen-bond donors (Lipinski definition) is 1. The Balaban J connectivity index is 3.13. The number of alkyl halides is 3. The van der Waals surface area contributed by atoms with Gasteiger partial charge in [-0.2, -0.15) is 4.68 Å². The number of hydrogen-bond acceptors (Lipinski definition) is 2. The minimum Gasteiger partial charge on any atom is -0.382 e. The second-order valence-electron chi connectivity index (χ2n) is 2.09. The molecule has 0 aliphatic heterocycles. The molecule has 0 amide bonds. The molecule has 3 nitrogen and oxygen atoms in total. The lowest BCUT2D eigenvalue weighted by atomic mass is 10.5. The van der Waals surface area contributed by atoms with Crippen molar-refractivity contribution in [3.05, 3.63) is 11.8 Å². The predicted octanol–water partition coefficient (Wildman–Crippen LogP) is 1.25. The Kier molecular flexibility index (Phi) is 1.54.